The molecule has 3 aromatic rings. The van der Waals surface area contributed by atoms with Gasteiger partial charge in [-0.25, -0.2) is 13.1 Å². The van der Waals surface area contributed by atoms with Crippen molar-refractivity contribution in [2.75, 3.05) is 17.7 Å². The Kier molecular flexibility index (Phi) is 7.09. The van der Waals surface area contributed by atoms with Gasteiger partial charge in [0.1, 0.15) is 0 Å². The topological polar surface area (TPSA) is 107 Å². The largest absolute Gasteiger partial charge is 0.456 e. The van der Waals surface area contributed by atoms with Gasteiger partial charge in [-0.3, -0.25) is 9.59 Å². The third-order valence-electron chi connectivity index (χ3n) is 4.88. The van der Waals surface area contributed by atoms with Gasteiger partial charge in [0, 0.05) is 0 Å². The number of hydrogen-bond acceptors (Lipinski definition) is 6. The van der Waals surface area contributed by atoms with E-state index in [0.29, 0.717) is 11.4 Å². The summed E-state index contributed by atoms with van der Waals surface area (Å²) >= 11 is 0. The number of aromatic nitrogens is 2. The predicted molar refractivity (Wildman–Crippen MR) is 120 cm³/mol. The molecule has 0 aliphatic rings. The van der Waals surface area contributed by atoms with Crippen LogP contribution in [0.2, 0.25) is 0 Å². The maximum atomic E-state index is 12.3. The molecule has 2 aromatic carbocycles. The minimum atomic E-state index is -3.61. The van der Waals surface area contributed by atoms with Gasteiger partial charge in [0.2, 0.25) is 0 Å². The van der Waals surface area contributed by atoms with Crippen LogP contribution in [0.1, 0.15) is 23.4 Å². The highest BCUT2D eigenvalue weighted by Crippen LogP contribution is 2.22. The summed E-state index contributed by atoms with van der Waals surface area (Å²) in [5.74, 6) is -1.68. The Morgan fingerprint density at radius 3 is 2.31 bits per heavy atom. The molecule has 0 unspecified atom stereocenters. The molecule has 0 aliphatic heterocycles. The molecule has 168 valence electrons. The summed E-state index contributed by atoms with van der Waals surface area (Å²) in [5.41, 5.74) is 3.69. The molecule has 0 bridgehead atoms. The number of rotatable bonds is 8. The molecule has 1 N–H and O–H groups in total. The summed E-state index contributed by atoms with van der Waals surface area (Å²) in [7, 11) is -3.61. The first kappa shape index (κ1) is 23.2. The number of para-hydroxylation sites is 1. The lowest BCUT2D eigenvalue weighted by atomic mass is 10.2. The highest BCUT2D eigenvalue weighted by molar-refractivity contribution is 7.91. The first-order chi connectivity index (χ1) is 15.2. The van der Waals surface area contributed by atoms with Gasteiger partial charge in [-0.1, -0.05) is 35.9 Å². The molecule has 0 radical (unpaired) electrons. The summed E-state index contributed by atoms with van der Waals surface area (Å²) in [6, 6.07) is 15.9. The van der Waals surface area contributed by atoms with Gasteiger partial charge in [0.05, 0.1) is 39.8 Å². The van der Waals surface area contributed by atoms with E-state index in [0.717, 1.165) is 16.9 Å². The standard InChI is InChI=1S/C23H25N3O5S/c1-16-9-11-20(12-10-16)32(29,30)14-13-22(28)31-15-21(27)24-23-17(2)25-26(18(23)3)19-7-5-4-6-8-19/h4-12H,13-15H2,1-3H3,(H,24,27). The van der Waals surface area contributed by atoms with E-state index >= 15 is 0 Å². The maximum Gasteiger partial charge on any atom is 0.307 e. The van der Waals surface area contributed by atoms with Crippen molar-refractivity contribution >= 4 is 27.4 Å². The van der Waals surface area contributed by atoms with E-state index < -0.39 is 34.1 Å². The van der Waals surface area contributed by atoms with E-state index in [-0.39, 0.29) is 11.3 Å². The summed E-state index contributed by atoms with van der Waals surface area (Å²) in [4.78, 5) is 24.4. The van der Waals surface area contributed by atoms with E-state index in [1.54, 1.807) is 23.7 Å². The third kappa shape index (κ3) is 5.61. The van der Waals surface area contributed by atoms with Gasteiger partial charge in [0.15, 0.2) is 16.4 Å². The number of carbonyl (C=O) groups is 2. The number of ether oxygens (including phenoxy) is 1. The van der Waals surface area contributed by atoms with Crippen molar-refractivity contribution in [3.05, 3.63) is 71.5 Å². The number of hydrogen-bond donors (Lipinski definition) is 1. The summed E-state index contributed by atoms with van der Waals surface area (Å²) in [6.45, 7) is 4.93. The molecule has 0 saturated carbocycles. The fourth-order valence-corrected chi connectivity index (χ4v) is 4.34. The lowest BCUT2D eigenvalue weighted by Crippen LogP contribution is -2.22. The minimum absolute atomic E-state index is 0.148. The zero-order chi connectivity index (χ0) is 23.3. The molecule has 3 rings (SSSR count). The smallest absolute Gasteiger partial charge is 0.307 e. The molecule has 1 aromatic heterocycles. The van der Waals surface area contributed by atoms with Crippen molar-refractivity contribution in [1.29, 1.82) is 0 Å². The molecular weight excluding hydrogens is 430 g/mol. The van der Waals surface area contributed by atoms with Crippen LogP contribution in [0.25, 0.3) is 5.69 Å². The molecule has 0 fully saturated rings. The Morgan fingerprint density at radius 1 is 1.00 bits per heavy atom. The van der Waals surface area contributed by atoms with E-state index in [2.05, 4.69) is 10.4 Å². The van der Waals surface area contributed by atoms with E-state index in [4.69, 9.17) is 4.74 Å². The van der Waals surface area contributed by atoms with Gasteiger partial charge in [-0.05, 0) is 45.0 Å². The monoisotopic (exact) mass is 455 g/mol. The lowest BCUT2D eigenvalue weighted by Gasteiger charge is -2.08. The van der Waals surface area contributed by atoms with Crippen LogP contribution >= 0.6 is 0 Å². The zero-order valence-electron chi connectivity index (χ0n) is 18.2. The first-order valence-electron chi connectivity index (χ1n) is 10.0. The summed E-state index contributed by atoms with van der Waals surface area (Å²) in [5, 5.41) is 7.16. The SMILES string of the molecule is Cc1ccc(S(=O)(=O)CCC(=O)OCC(=O)Nc2c(C)nn(-c3ccccc3)c2C)cc1. The Hall–Kier alpha value is -3.46. The Balaban J connectivity index is 1.53. The second-order valence-corrected chi connectivity index (χ2v) is 9.49. The fraction of sp³-hybridized carbons (Fsp3) is 0.261. The molecule has 1 heterocycles. The highest BCUT2D eigenvalue weighted by atomic mass is 32.2. The van der Waals surface area contributed by atoms with Crippen LogP contribution in [0.4, 0.5) is 5.69 Å². The number of nitrogens with zero attached hydrogens (tertiary/aromatic N) is 2. The van der Waals surface area contributed by atoms with Crippen molar-refractivity contribution in [2.45, 2.75) is 32.1 Å². The molecule has 9 heteroatoms. The number of benzene rings is 2. The molecule has 8 nitrogen and oxygen atoms in total. The van der Waals surface area contributed by atoms with Gasteiger partial charge in [-0.15, -0.1) is 0 Å². The number of carbonyl (C=O) groups excluding carboxylic acids is 2. The molecule has 0 atom stereocenters. The van der Waals surface area contributed by atoms with Gasteiger partial charge >= 0.3 is 5.97 Å². The normalized spacial score (nSPS) is 11.2. The molecule has 0 saturated heterocycles. The van der Waals surface area contributed by atoms with Crippen LogP contribution in [0.5, 0.6) is 0 Å². The number of esters is 1. The lowest BCUT2D eigenvalue weighted by molar-refractivity contribution is -0.146. The highest BCUT2D eigenvalue weighted by Gasteiger charge is 2.19. The number of amides is 1. The van der Waals surface area contributed by atoms with Crippen molar-refractivity contribution in [2.24, 2.45) is 0 Å². The van der Waals surface area contributed by atoms with Crippen LogP contribution in [0.15, 0.2) is 59.5 Å². The molecule has 0 spiro atoms. The Labute approximate surface area is 187 Å². The van der Waals surface area contributed by atoms with Crippen LogP contribution in [-0.2, 0) is 24.2 Å². The van der Waals surface area contributed by atoms with E-state index in [9.17, 15) is 18.0 Å². The van der Waals surface area contributed by atoms with Crippen molar-refractivity contribution in [3.63, 3.8) is 0 Å². The van der Waals surface area contributed by atoms with Crippen LogP contribution in [0, 0.1) is 20.8 Å². The average molecular weight is 456 g/mol. The van der Waals surface area contributed by atoms with Crippen molar-refractivity contribution in [3.8, 4) is 5.69 Å². The first-order valence-corrected chi connectivity index (χ1v) is 11.7. The van der Waals surface area contributed by atoms with Gasteiger partial charge in [-0.2, -0.15) is 5.10 Å². The van der Waals surface area contributed by atoms with Crippen LogP contribution < -0.4 is 5.32 Å². The quantitative estimate of drug-likeness (QED) is 0.523. The number of anilines is 1. The maximum absolute atomic E-state index is 12.3. The summed E-state index contributed by atoms with van der Waals surface area (Å²) in [6.07, 6.45) is -0.340. The van der Waals surface area contributed by atoms with E-state index in [1.807, 2.05) is 44.2 Å². The van der Waals surface area contributed by atoms with Crippen molar-refractivity contribution < 1.29 is 22.7 Å². The molecule has 1 amide bonds. The van der Waals surface area contributed by atoms with Crippen LogP contribution in [0.3, 0.4) is 0 Å². The number of nitrogens with one attached hydrogen (secondary N) is 1. The third-order valence-corrected chi connectivity index (χ3v) is 6.61. The molecule has 32 heavy (non-hydrogen) atoms. The fourth-order valence-electron chi connectivity index (χ4n) is 3.12. The second kappa shape index (κ2) is 9.78. The van der Waals surface area contributed by atoms with E-state index in [1.165, 1.54) is 12.1 Å². The van der Waals surface area contributed by atoms with Crippen LogP contribution in [-0.4, -0.2) is 42.4 Å². The van der Waals surface area contributed by atoms with Gasteiger partial charge in [0.25, 0.3) is 5.91 Å². The second-order valence-electron chi connectivity index (χ2n) is 7.38. The number of sulfone groups is 1. The Morgan fingerprint density at radius 2 is 1.66 bits per heavy atom. The minimum Gasteiger partial charge on any atom is -0.456 e. The Bertz CT molecular complexity index is 1220. The zero-order valence-corrected chi connectivity index (χ0v) is 19.0. The predicted octanol–water partition coefficient (Wildman–Crippen LogP) is 3.14. The average Bonchev–Trinajstić information content (AvgIpc) is 3.05. The molecular formula is C23H25N3O5S. The molecule has 0 aliphatic carbocycles. The van der Waals surface area contributed by atoms with Gasteiger partial charge < -0.3 is 10.1 Å². The number of aryl methyl sites for hydroxylation is 2. The van der Waals surface area contributed by atoms with Crippen molar-refractivity contribution in [1.82, 2.24) is 9.78 Å². The summed E-state index contributed by atoms with van der Waals surface area (Å²) < 4.78 is 31.3.